The highest BCUT2D eigenvalue weighted by Crippen LogP contribution is 2.47. The Morgan fingerprint density at radius 1 is 1.15 bits per heavy atom. The van der Waals surface area contributed by atoms with E-state index in [2.05, 4.69) is 25.4 Å². The molecule has 3 amide bonds. The lowest BCUT2D eigenvalue weighted by molar-refractivity contribution is -0.119. The fraction of sp³-hybridized carbons (Fsp3) is 0.444. The summed E-state index contributed by atoms with van der Waals surface area (Å²) in [5.41, 5.74) is 0.831. The summed E-state index contributed by atoms with van der Waals surface area (Å²) in [5.74, 6) is 1.19. The molecule has 1 aromatic heterocycles. The molecule has 0 aliphatic heterocycles. The molecule has 136 valence electrons. The molecule has 1 heterocycles. The first-order valence-corrected chi connectivity index (χ1v) is 9.74. The number of amides is 3. The number of aromatic nitrogens is 3. The van der Waals surface area contributed by atoms with Crippen molar-refractivity contribution in [2.24, 2.45) is 0 Å². The average molecular weight is 371 g/mol. The Morgan fingerprint density at radius 3 is 2.50 bits per heavy atom. The Kier molecular flexibility index (Phi) is 4.67. The first-order chi connectivity index (χ1) is 12.7. The van der Waals surface area contributed by atoms with Crippen molar-refractivity contribution in [2.75, 3.05) is 7.05 Å². The Labute approximate surface area is 155 Å². The fourth-order valence-corrected chi connectivity index (χ4v) is 4.02. The molecule has 2 N–H and O–H groups in total. The first kappa shape index (κ1) is 17.1. The van der Waals surface area contributed by atoms with Crippen molar-refractivity contribution in [1.82, 2.24) is 25.4 Å². The predicted molar refractivity (Wildman–Crippen MR) is 97.9 cm³/mol. The van der Waals surface area contributed by atoms with Crippen LogP contribution in [0, 0.1) is 0 Å². The number of imide groups is 1. The summed E-state index contributed by atoms with van der Waals surface area (Å²) in [6.45, 7) is 0. The van der Waals surface area contributed by atoms with Crippen molar-refractivity contribution in [3.63, 3.8) is 0 Å². The van der Waals surface area contributed by atoms with E-state index in [1.54, 1.807) is 0 Å². The normalized spacial score (nSPS) is 17.6. The van der Waals surface area contributed by atoms with Gasteiger partial charge in [-0.25, -0.2) is 4.79 Å². The highest BCUT2D eigenvalue weighted by molar-refractivity contribution is 8.00. The molecule has 0 unspecified atom stereocenters. The molecule has 7 nitrogen and oxygen atoms in total. The predicted octanol–water partition coefficient (Wildman–Crippen LogP) is 2.78. The molecular weight excluding hydrogens is 350 g/mol. The summed E-state index contributed by atoms with van der Waals surface area (Å²) in [5, 5.41) is 13.8. The number of urea groups is 1. The van der Waals surface area contributed by atoms with Gasteiger partial charge in [-0.05, 0) is 31.2 Å². The van der Waals surface area contributed by atoms with Crippen LogP contribution < -0.4 is 10.6 Å². The van der Waals surface area contributed by atoms with Crippen molar-refractivity contribution in [2.45, 2.75) is 48.0 Å². The van der Waals surface area contributed by atoms with Crippen molar-refractivity contribution in [3.05, 3.63) is 41.7 Å². The summed E-state index contributed by atoms with van der Waals surface area (Å²) >= 11 is 1.36. The van der Waals surface area contributed by atoms with Gasteiger partial charge in [0.25, 0.3) is 0 Å². The van der Waals surface area contributed by atoms with E-state index in [1.165, 1.54) is 18.8 Å². The molecule has 26 heavy (non-hydrogen) atoms. The molecule has 0 saturated heterocycles. The van der Waals surface area contributed by atoms with Crippen LogP contribution in [0.15, 0.2) is 35.5 Å². The third kappa shape index (κ3) is 3.60. The van der Waals surface area contributed by atoms with Gasteiger partial charge in [0.2, 0.25) is 5.91 Å². The second-order valence-corrected chi connectivity index (χ2v) is 7.77. The SMILES string of the molecule is CNC(=O)NC(=O)[C@H](Sc1nnc(C2CC2)n1C1CC1)c1ccccc1. The lowest BCUT2D eigenvalue weighted by Crippen LogP contribution is -2.39. The summed E-state index contributed by atoms with van der Waals surface area (Å²) in [6, 6.07) is 9.39. The van der Waals surface area contributed by atoms with E-state index < -0.39 is 11.3 Å². The number of nitrogens with zero attached hydrogens (tertiary/aromatic N) is 3. The Balaban J connectivity index is 1.63. The smallest absolute Gasteiger partial charge is 0.321 e. The Bertz CT molecular complexity index is 814. The number of nitrogens with one attached hydrogen (secondary N) is 2. The van der Waals surface area contributed by atoms with Gasteiger partial charge in [-0.15, -0.1) is 10.2 Å². The molecule has 4 rings (SSSR count). The molecule has 0 spiro atoms. The second-order valence-electron chi connectivity index (χ2n) is 6.69. The molecule has 8 heteroatoms. The zero-order valence-corrected chi connectivity index (χ0v) is 15.3. The first-order valence-electron chi connectivity index (χ1n) is 8.86. The molecule has 1 aromatic carbocycles. The standard InChI is InChI=1S/C18H21N5O2S/c1-19-17(25)20-16(24)14(11-5-3-2-4-6-11)26-18-22-21-15(12-7-8-12)23(18)13-9-10-13/h2-6,12-14H,7-10H2,1H3,(H2,19,20,24,25)/t14-/m1/s1. The van der Waals surface area contributed by atoms with E-state index in [9.17, 15) is 9.59 Å². The zero-order chi connectivity index (χ0) is 18.1. The topological polar surface area (TPSA) is 88.9 Å². The lowest BCUT2D eigenvalue weighted by Gasteiger charge is -2.17. The maximum absolute atomic E-state index is 12.7. The molecule has 2 aliphatic carbocycles. The van der Waals surface area contributed by atoms with Crippen molar-refractivity contribution < 1.29 is 9.59 Å². The number of hydrogen-bond acceptors (Lipinski definition) is 5. The van der Waals surface area contributed by atoms with Gasteiger partial charge in [0.05, 0.1) is 0 Å². The van der Waals surface area contributed by atoms with Crippen molar-refractivity contribution in [3.8, 4) is 0 Å². The minimum Gasteiger partial charge on any atom is -0.341 e. The van der Waals surface area contributed by atoms with E-state index in [0.29, 0.717) is 12.0 Å². The van der Waals surface area contributed by atoms with E-state index in [1.807, 2.05) is 30.3 Å². The van der Waals surface area contributed by atoms with Crippen LogP contribution in [-0.2, 0) is 4.79 Å². The van der Waals surface area contributed by atoms with Gasteiger partial charge in [-0.2, -0.15) is 0 Å². The summed E-state index contributed by atoms with van der Waals surface area (Å²) in [4.78, 5) is 24.3. The van der Waals surface area contributed by atoms with Crippen LogP contribution in [0.4, 0.5) is 4.79 Å². The largest absolute Gasteiger partial charge is 0.341 e. The second kappa shape index (κ2) is 7.11. The molecule has 2 aromatic rings. The highest BCUT2D eigenvalue weighted by atomic mass is 32.2. The van der Waals surface area contributed by atoms with Crippen LogP contribution in [0.25, 0.3) is 0 Å². The van der Waals surface area contributed by atoms with Gasteiger partial charge in [0.1, 0.15) is 11.1 Å². The highest BCUT2D eigenvalue weighted by Gasteiger charge is 2.37. The Morgan fingerprint density at radius 2 is 1.88 bits per heavy atom. The molecule has 1 atom stereocenters. The van der Waals surface area contributed by atoms with Crippen LogP contribution in [0.1, 0.15) is 54.3 Å². The van der Waals surface area contributed by atoms with Crippen LogP contribution in [0.5, 0.6) is 0 Å². The molecular formula is C18H21N5O2S. The van der Waals surface area contributed by atoms with Gasteiger partial charge < -0.3 is 9.88 Å². The quantitative estimate of drug-likeness (QED) is 0.762. The Hall–Kier alpha value is -2.35. The summed E-state index contributed by atoms with van der Waals surface area (Å²) in [7, 11) is 1.49. The summed E-state index contributed by atoms with van der Waals surface area (Å²) in [6.07, 6.45) is 4.58. The van der Waals surface area contributed by atoms with Gasteiger partial charge in [0.15, 0.2) is 5.16 Å². The number of carbonyl (C=O) groups is 2. The van der Waals surface area contributed by atoms with E-state index >= 15 is 0 Å². The number of carbonyl (C=O) groups excluding carboxylic acids is 2. The number of hydrogen-bond donors (Lipinski definition) is 2. The van der Waals surface area contributed by atoms with Crippen LogP contribution >= 0.6 is 11.8 Å². The molecule has 2 fully saturated rings. The molecule has 0 bridgehead atoms. The number of thioether (sulfide) groups is 1. The van der Waals surface area contributed by atoms with Gasteiger partial charge in [-0.3, -0.25) is 10.1 Å². The average Bonchev–Trinajstić information content (AvgIpc) is 3.59. The zero-order valence-electron chi connectivity index (χ0n) is 14.5. The fourth-order valence-electron chi connectivity index (χ4n) is 2.91. The van der Waals surface area contributed by atoms with Crippen LogP contribution in [0.3, 0.4) is 0 Å². The number of benzene rings is 1. The van der Waals surface area contributed by atoms with E-state index in [4.69, 9.17) is 0 Å². The van der Waals surface area contributed by atoms with Gasteiger partial charge >= 0.3 is 6.03 Å². The third-order valence-corrected chi connectivity index (χ3v) is 5.78. The van der Waals surface area contributed by atoms with Crippen LogP contribution in [0.2, 0.25) is 0 Å². The maximum atomic E-state index is 12.7. The minimum atomic E-state index is -0.567. The third-order valence-electron chi connectivity index (χ3n) is 4.57. The number of rotatable bonds is 6. The monoisotopic (exact) mass is 371 g/mol. The minimum absolute atomic E-state index is 0.362. The van der Waals surface area contributed by atoms with Crippen LogP contribution in [-0.4, -0.2) is 33.8 Å². The molecule has 2 saturated carbocycles. The van der Waals surface area contributed by atoms with E-state index in [-0.39, 0.29) is 5.91 Å². The van der Waals surface area contributed by atoms with E-state index in [0.717, 1.165) is 42.2 Å². The lowest BCUT2D eigenvalue weighted by atomic mass is 10.1. The van der Waals surface area contributed by atoms with Crippen molar-refractivity contribution >= 4 is 23.7 Å². The molecule has 0 radical (unpaired) electrons. The maximum Gasteiger partial charge on any atom is 0.321 e. The molecule has 2 aliphatic rings. The van der Waals surface area contributed by atoms with Gasteiger partial charge in [-0.1, -0.05) is 42.1 Å². The van der Waals surface area contributed by atoms with Gasteiger partial charge in [0, 0.05) is 19.0 Å². The summed E-state index contributed by atoms with van der Waals surface area (Å²) < 4.78 is 2.21. The van der Waals surface area contributed by atoms with Crippen molar-refractivity contribution in [1.29, 1.82) is 0 Å².